The van der Waals surface area contributed by atoms with Crippen LogP contribution in [-0.2, 0) is 9.53 Å². The number of esters is 1. The Bertz CT molecular complexity index is 799. The van der Waals surface area contributed by atoms with E-state index < -0.39 is 5.41 Å². The van der Waals surface area contributed by atoms with Gasteiger partial charge in [0.25, 0.3) is 0 Å². The summed E-state index contributed by atoms with van der Waals surface area (Å²) in [6, 6.07) is 20.8. The molecule has 0 amide bonds. The Morgan fingerprint density at radius 1 is 0.960 bits per heavy atom. The first-order valence-electron chi connectivity index (χ1n) is 9.12. The summed E-state index contributed by atoms with van der Waals surface area (Å²) in [7, 11) is 0. The Morgan fingerprint density at radius 3 is 2.16 bits per heavy atom. The van der Waals surface area contributed by atoms with Crippen molar-refractivity contribution in [3.05, 3.63) is 77.4 Å². The summed E-state index contributed by atoms with van der Waals surface area (Å²) in [4.78, 5) is 12.5. The number of carbonyl (C=O) groups is 1. The number of rotatable bonds is 4. The Balaban J connectivity index is 1.87. The fraction of sp³-hybridized carbons (Fsp3) is 0.348. The van der Waals surface area contributed by atoms with Crippen LogP contribution in [0.25, 0.3) is 5.76 Å². The van der Waals surface area contributed by atoms with Crippen molar-refractivity contribution in [3.8, 4) is 0 Å². The average molecular weight is 332 g/mol. The van der Waals surface area contributed by atoms with E-state index in [2.05, 4.69) is 30.3 Å². The van der Waals surface area contributed by atoms with Gasteiger partial charge in [-0.2, -0.15) is 0 Å². The largest absolute Gasteiger partial charge is 0.426 e. The number of hydrogen-bond acceptors (Lipinski definition) is 2. The lowest BCUT2D eigenvalue weighted by Gasteiger charge is -2.35. The third kappa shape index (κ3) is 3.13. The smallest absolute Gasteiger partial charge is 0.317 e. The molecular weight excluding hydrogens is 308 g/mol. The Morgan fingerprint density at radius 2 is 1.56 bits per heavy atom. The molecule has 0 radical (unpaired) electrons. The molecule has 1 saturated carbocycles. The lowest BCUT2D eigenvalue weighted by Crippen LogP contribution is -2.33. The molecule has 1 aliphatic heterocycles. The van der Waals surface area contributed by atoms with Crippen molar-refractivity contribution in [2.45, 2.75) is 39.0 Å². The molecule has 0 N–H and O–H groups in total. The number of benzene rings is 2. The molecule has 128 valence electrons. The van der Waals surface area contributed by atoms with E-state index in [4.69, 9.17) is 4.74 Å². The Kier molecular flexibility index (Phi) is 3.99. The van der Waals surface area contributed by atoms with E-state index in [1.54, 1.807) is 0 Å². The van der Waals surface area contributed by atoms with Crippen LogP contribution in [0.4, 0.5) is 0 Å². The van der Waals surface area contributed by atoms with Gasteiger partial charge in [0.15, 0.2) is 0 Å². The number of hydrogen-bond donors (Lipinski definition) is 0. The van der Waals surface area contributed by atoms with Crippen molar-refractivity contribution >= 4 is 11.7 Å². The Labute approximate surface area is 149 Å². The molecule has 0 saturated heterocycles. The second-order valence-corrected chi connectivity index (χ2v) is 7.90. The number of allylic oxidation sites excluding steroid dienone is 1. The second-order valence-electron chi connectivity index (χ2n) is 7.90. The summed E-state index contributed by atoms with van der Waals surface area (Å²) >= 11 is 0. The van der Waals surface area contributed by atoms with Gasteiger partial charge >= 0.3 is 5.97 Å². The fourth-order valence-corrected chi connectivity index (χ4v) is 3.86. The highest BCUT2D eigenvalue weighted by Crippen LogP contribution is 2.53. The third-order valence-electron chi connectivity index (χ3n) is 5.33. The van der Waals surface area contributed by atoms with E-state index in [-0.39, 0.29) is 5.97 Å². The minimum absolute atomic E-state index is 0.127. The zero-order chi connectivity index (χ0) is 17.4. The van der Waals surface area contributed by atoms with Crippen molar-refractivity contribution in [3.63, 3.8) is 0 Å². The molecule has 1 fully saturated rings. The van der Waals surface area contributed by atoms with E-state index in [0.29, 0.717) is 11.8 Å². The highest BCUT2D eigenvalue weighted by molar-refractivity contribution is 5.87. The molecule has 0 spiro atoms. The minimum atomic E-state index is -0.477. The quantitative estimate of drug-likeness (QED) is 0.685. The lowest BCUT2D eigenvalue weighted by atomic mass is 9.74. The van der Waals surface area contributed by atoms with Gasteiger partial charge in [-0.1, -0.05) is 60.7 Å². The van der Waals surface area contributed by atoms with Crippen molar-refractivity contribution < 1.29 is 9.53 Å². The first-order chi connectivity index (χ1) is 12.1. The molecule has 4 rings (SSSR count). The van der Waals surface area contributed by atoms with Crippen LogP contribution in [0.5, 0.6) is 0 Å². The van der Waals surface area contributed by atoms with Crippen LogP contribution in [-0.4, -0.2) is 5.97 Å². The molecule has 0 bridgehead atoms. The molecule has 2 aliphatic rings. The van der Waals surface area contributed by atoms with E-state index in [9.17, 15) is 4.79 Å². The van der Waals surface area contributed by atoms with E-state index in [1.165, 1.54) is 24.0 Å². The summed E-state index contributed by atoms with van der Waals surface area (Å²) in [5.41, 5.74) is 3.14. The maximum absolute atomic E-state index is 12.5. The van der Waals surface area contributed by atoms with Crippen LogP contribution in [0.15, 0.2) is 66.2 Å². The third-order valence-corrected chi connectivity index (χ3v) is 5.33. The minimum Gasteiger partial charge on any atom is -0.426 e. The van der Waals surface area contributed by atoms with Crippen LogP contribution < -0.4 is 0 Å². The van der Waals surface area contributed by atoms with Gasteiger partial charge in [-0.15, -0.1) is 0 Å². The van der Waals surface area contributed by atoms with Crippen molar-refractivity contribution in [1.29, 1.82) is 0 Å². The van der Waals surface area contributed by atoms with Gasteiger partial charge in [0, 0.05) is 11.5 Å². The van der Waals surface area contributed by atoms with Crippen LogP contribution in [0, 0.1) is 11.3 Å². The highest BCUT2D eigenvalue weighted by atomic mass is 16.5. The predicted octanol–water partition coefficient (Wildman–Crippen LogP) is 5.56. The molecule has 2 aromatic carbocycles. The summed E-state index contributed by atoms with van der Waals surface area (Å²) in [5.74, 6) is 1.65. The standard InChI is InChI=1S/C23H24O2/c1-23(2)15-19(20(17-13-14-17)16-9-5-3-6-10-16)21(25-22(23)24)18-11-7-4-8-12-18/h3-12,17,20H,13-15H2,1-2H3. The monoisotopic (exact) mass is 332 g/mol. The molecule has 1 aliphatic carbocycles. The van der Waals surface area contributed by atoms with Gasteiger partial charge in [-0.3, -0.25) is 4.79 Å². The first-order valence-corrected chi connectivity index (χ1v) is 9.12. The number of carbonyl (C=O) groups excluding carboxylic acids is 1. The molecular formula is C23H24O2. The van der Waals surface area contributed by atoms with Gasteiger partial charge < -0.3 is 4.74 Å². The summed E-state index contributed by atoms with van der Waals surface area (Å²) in [6.45, 7) is 3.98. The average Bonchev–Trinajstić information content (AvgIpc) is 3.44. The molecule has 2 heteroatoms. The topological polar surface area (TPSA) is 26.3 Å². The zero-order valence-corrected chi connectivity index (χ0v) is 14.9. The molecule has 2 nitrogen and oxygen atoms in total. The van der Waals surface area contributed by atoms with Crippen LogP contribution in [0.2, 0.25) is 0 Å². The van der Waals surface area contributed by atoms with Gasteiger partial charge in [-0.25, -0.2) is 0 Å². The Hall–Kier alpha value is -2.35. The van der Waals surface area contributed by atoms with Gasteiger partial charge in [0.05, 0.1) is 5.41 Å². The fourth-order valence-electron chi connectivity index (χ4n) is 3.86. The maximum atomic E-state index is 12.5. The molecule has 1 unspecified atom stereocenters. The second kappa shape index (κ2) is 6.18. The molecule has 25 heavy (non-hydrogen) atoms. The SMILES string of the molecule is CC1(C)CC(C(c2ccccc2)C2CC2)=C(c2ccccc2)OC1=O. The van der Waals surface area contributed by atoms with Gasteiger partial charge in [-0.05, 0) is 50.2 Å². The van der Waals surface area contributed by atoms with Crippen LogP contribution in [0.3, 0.4) is 0 Å². The van der Waals surface area contributed by atoms with Crippen LogP contribution in [0.1, 0.15) is 50.2 Å². The number of cyclic esters (lactones) is 1. The highest BCUT2D eigenvalue weighted by Gasteiger charge is 2.44. The number of ether oxygens (including phenoxy) is 1. The molecule has 1 heterocycles. The summed E-state index contributed by atoms with van der Waals surface area (Å²) in [5, 5.41) is 0. The van der Waals surface area contributed by atoms with Crippen molar-refractivity contribution in [2.24, 2.45) is 11.3 Å². The van der Waals surface area contributed by atoms with Crippen molar-refractivity contribution in [1.82, 2.24) is 0 Å². The van der Waals surface area contributed by atoms with E-state index in [0.717, 1.165) is 17.7 Å². The lowest BCUT2D eigenvalue weighted by molar-refractivity contribution is -0.147. The van der Waals surface area contributed by atoms with Gasteiger partial charge in [0.1, 0.15) is 5.76 Å². The van der Waals surface area contributed by atoms with E-state index in [1.807, 2.05) is 44.2 Å². The molecule has 2 aromatic rings. The van der Waals surface area contributed by atoms with Crippen LogP contribution >= 0.6 is 0 Å². The molecule has 0 aromatic heterocycles. The van der Waals surface area contributed by atoms with E-state index >= 15 is 0 Å². The normalized spacial score (nSPS) is 21.0. The maximum Gasteiger partial charge on any atom is 0.317 e. The predicted molar refractivity (Wildman–Crippen MR) is 99.8 cm³/mol. The molecule has 1 atom stereocenters. The summed E-state index contributed by atoms with van der Waals surface area (Å²) in [6.07, 6.45) is 3.26. The summed E-state index contributed by atoms with van der Waals surface area (Å²) < 4.78 is 5.92. The van der Waals surface area contributed by atoms with Gasteiger partial charge in [0.2, 0.25) is 0 Å². The zero-order valence-electron chi connectivity index (χ0n) is 14.9. The first kappa shape index (κ1) is 16.1. The van der Waals surface area contributed by atoms with Crippen molar-refractivity contribution in [2.75, 3.05) is 0 Å².